The van der Waals surface area contributed by atoms with Gasteiger partial charge in [-0.25, -0.2) is 4.79 Å². The number of anilines is 1. The number of carbonyl (C=O) groups is 2. The van der Waals surface area contributed by atoms with Crippen molar-refractivity contribution in [2.24, 2.45) is 0 Å². The molecule has 0 bridgehead atoms. The summed E-state index contributed by atoms with van der Waals surface area (Å²) >= 11 is 0. The van der Waals surface area contributed by atoms with Gasteiger partial charge in [-0.2, -0.15) is 0 Å². The molecule has 0 saturated carbocycles. The Labute approximate surface area is 133 Å². The molecule has 1 aromatic carbocycles. The van der Waals surface area contributed by atoms with Gasteiger partial charge in [-0.3, -0.25) is 4.79 Å². The highest BCUT2D eigenvalue weighted by Crippen LogP contribution is 2.11. The van der Waals surface area contributed by atoms with Crippen LogP contribution in [0.1, 0.15) is 39.2 Å². The normalized spacial score (nSPS) is 10.1. The molecule has 22 heavy (non-hydrogen) atoms. The second-order valence-electron chi connectivity index (χ2n) is 5.17. The zero-order valence-corrected chi connectivity index (χ0v) is 13.8. The number of nitrogens with zero attached hydrogens (tertiary/aromatic N) is 1. The van der Waals surface area contributed by atoms with Crippen molar-refractivity contribution < 1.29 is 9.59 Å². The minimum atomic E-state index is -0.194. The van der Waals surface area contributed by atoms with Gasteiger partial charge in [-0.05, 0) is 38.0 Å². The van der Waals surface area contributed by atoms with Crippen LogP contribution in [0.3, 0.4) is 0 Å². The maximum absolute atomic E-state index is 12.0. The number of unbranched alkanes of at least 4 members (excludes halogenated alkanes) is 1. The number of nitrogens with one attached hydrogen (secondary N) is 2. The maximum atomic E-state index is 12.0. The first-order valence-corrected chi connectivity index (χ1v) is 8.02. The van der Waals surface area contributed by atoms with Crippen molar-refractivity contribution in [3.05, 3.63) is 29.8 Å². The molecular formula is C17H27N3O2. The summed E-state index contributed by atoms with van der Waals surface area (Å²) in [4.78, 5) is 25.5. The van der Waals surface area contributed by atoms with E-state index in [1.54, 1.807) is 0 Å². The van der Waals surface area contributed by atoms with Crippen molar-refractivity contribution >= 4 is 17.6 Å². The van der Waals surface area contributed by atoms with Crippen LogP contribution in [0.25, 0.3) is 0 Å². The quantitative estimate of drug-likeness (QED) is 0.725. The molecule has 0 saturated heterocycles. The summed E-state index contributed by atoms with van der Waals surface area (Å²) in [6.07, 6.45) is 2.42. The zero-order valence-electron chi connectivity index (χ0n) is 13.8. The summed E-state index contributed by atoms with van der Waals surface area (Å²) in [5, 5.41) is 5.58. The summed E-state index contributed by atoms with van der Waals surface area (Å²) in [6.45, 7) is 8.17. The summed E-state index contributed by atoms with van der Waals surface area (Å²) in [7, 11) is 0. The van der Waals surface area contributed by atoms with Crippen molar-refractivity contribution in [1.82, 2.24) is 10.2 Å². The van der Waals surface area contributed by atoms with Gasteiger partial charge in [0.1, 0.15) is 0 Å². The molecule has 1 rings (SSSR count). The van der Waals surface area contributed by atoms with Crippen molar-refractivity contribution in [3.8, 4) is 0 Å². The standard InChI is InChI=1S/C17H27N3O2/c1-4-7-12-18-17(22)19-15-10-8-14(9-11-15)13-16(21)20(5-2)6-3/h8-11H,4-7,12-13H2,1-3H3,(H2,18,19,22). The van der Waals surface area contributed by atoms with Gasteiger partial charge >= 0.3 is 6.03 Å². The summed E-state index contributed by atoms with van der Waals surface area (Å²) in [5.74, 6) is 0.128. The van der Waals surface area contributed by atoms with E-state index < -0.39 is 0 Å². The van der Waals surface area contributed by atoms with Crippen molar-refractivity contribution in [3.63, 3.8) is 0 Å². The molecule has 0 aromatic heterocycles. The van der Waals surface area contributed by atoms with Crippen LogP contribution in [0, 0.1) is 0 Å². The lowest BCUT2D eigenvalue weighted by molar-refractivity contribution is -0.130. The van der Waals surface area contributed by atoms with Crippen LogP contribution in [0.4, 0.5) is 10.5 Å². The van der Waals surface area contributed by atoms with Crippen LogP contribution in [0.5, 0.6) is 0 Å². The minimum Gasteiger partial charge on any atom is -0.343 e. The lowest BCUT2D eigenvalue weighted by Gasteiger charge is -2.18. The predicted octanol–water partition coefficient (Wildman–Crippen LogP) is 3.02. The third-order valence-corrected chi connectivity index (χ3v) is 3.50. The number of amides is 3. The molecular weight excluding hydrogens is 278 g/mol. The Morgan fingerprint density at radius 2 is 1.68 bits per heavy atom. The fraction of sp³-hybridized carbons (Fsp3) is 0.529. The van der Waals surface area contributed by atoms with Gasteiger partial charge < -0.3 is 15.5 Å². The number of hydrogen-bond acceptors (Lipinski definition) is 2. The number of urea groups is 1. The summed E-state index contributed by atoms with van der Waals surface area (Å²) in [6, 6.07) is 7.21. The van der Waals surface area contributed by atoms with Crippen LogP contribution in [-0.4, -0.2) is 36.5 Å². The van der Waals surface area contributed by atoms with Gasteiger partial charge in [0.15, 0.2) is 0 Å². The monoisotopic (exact) mass is 305 g/mol. The molecule has 0 fully saturated rings. The second-order valence-corrected chi connectivity index (χ2v) is 5.17. The Bertz CT molecular complexity index is 467. The highest BCUT2D eigenvalue weighted by molar-refractivity contribution is 5.89. The fourth-order valence-corrected chi connectivity index (χ4v) is 2.12. The number of rotatable bonds is 8. The Hall–Kier alpha value is -2.04. The highest BCUT2D eigenvalue weighted by Gasteiger charge is 2.10. The molecule has 0 aliphatic rings. The van der Waals surface area contributed by atoms with E-state index in [-0.39, 0.29) is 11.9 Å². The van der Waals surface area contributed by atoms with Crippen LogP contribution in [0.15, 0.2) is 24.3 Å². The predicted molar refractivity (Wildman–Crippen MR) is 90.0 cm³/mol. The molecule has 0 unspecified atom stereocenters. The highest BCUT2D eigenvalue weighted by atomic mass is 16.2. The summed E-state index contributed by atoms with van der Waals surface area (Å²) in [5.41, 5.74) is 1.68. The molecule has 3 amide bonds. The van der Waals surface area contributed by atoms with Crippen molar-refractivity contribution in [2.45, 2.75) is 40.0 Å². The third kappa shape index (κ3) is 6.16. The van der Waals surface area contributed by atoms with Gasteiger partial charge in [0.05, 0.1) is 6.42 Å². The minimum absolute atomic E-state index is 0.128. The van der Waals surface area contributed by atoms with Crippen molar-refractivity contribution in [2.75, 3.05) is 25.0 Å². The topological polar surface area (TPSA) is 61.4 Å². The zero-order chi connectivity index (χ0) is 16.4. The Balaban J connectivity index is 2.49. The molecule has 0 aliphatic heterocycles. The Morgan fingerprint density at radius 3 is 2.23 bits per heavy atom. The Kier molecular flexibility index (Phi) is 8.04. The van der Waals surface area contributed by atoms with E-state index in [2.05, 4.69) is 17.6 Å². The molecule has 0 spiro atoms. The average Bonchev–Trinajstić information content (AvgIpc) is 2.51. The van der Waals surface area contributed by atoms with E-state index >= 15 is 0 Å². The lowest BCUT2D eigenvalue weighted by Crippen LogP contribution is -2.31. The van der Waals surface area contributed by atoms with Gasteiger partial charge in [-0.1, -0.05) is 25.5 Å². The lowest BCUT2D eigenvalue weighted by atomic mass is 10.1. The number of benzene rings is 1. The molecule has 1 aromatic rings. The first kappa shape index (κ1) is 18.0. The largest absolute Gasteiger partial charge is 0.343 e. The second kappa shape index (κ2) is 9.82. The van der Waals surface area contributed by atoms with E-state index in [4.69, 9.17) is 0 Å². The SMILES string of the molecule is CCCCNC(=O)Nc1ccc(CC(=O)N(CC)CC)cc1. The maximum Gasteiger partial charge on any atom is 0.319 e. The first-order chi connectivity index (χ1) is 10.6. The van der Waals surface area contributed by atoms with E-state index in [9.17, 15) is 9.59 Å². The van der Waals surface area contributed by atoms with E-state index in [0.717, 1.165) is 37.2 Å². The smallest absolute Gasteiger partial charge is 0.319 e. The number of carbonyl (C=O) groups excluding carboxylic acids is 2. The molecule has 122 valence electrons. The van der Waals surface area contributed by atoms with Crippen LogP contribution in [0.2, 0.25) is 0 Å². The van der Waals surface area contributed by atoms with Crippen molar-refractivity contribution in [1.29, 1.82) is 0 Å². The number of hydrogen-bond donors (Lipinski definition) is 2. The van der Waals surface area contributed by atoms with Gasteiger partial charge in [0, 0.05) is 25.3 Å². The van der Waals surface area contributed by atoms with Crippen LogP contribution in [-0.2, 0) is 11.2 Å². The fourth-order valence-electron chi connectivity index (χ4n) is 2.12. The van der Waals surface area contributed by atoms with Gasteiger partial charge in [0.2, 0.25) is 5.91 Å². The van der Waals surface area contributed by atoms with E-state index in [0.29, 0.717) is 13.0 Å². The van der Waals surface area contributed by atoms with Gasteiger partial charge in [0.25, 0.3) is 0 Å². The number of likely N-dealkylation sites (N-methyl/N-ethyl adjacent to an activating group) is 1. The molecule has 0 atom stereocenters. The summed E-state index contributed by atoms with van der Waals surface area (Å²) < 4.78 is 0. The third-order valence-electron chi connectivity index (χ3n) is 3.50. The molecule has 0 aliphatic carbocycles. The van der Waals surface area contributed by atoms with E-state index in [1.165, 1.54) is 0 Å². The molecule has 5 heteroatoms. The van der Waals surface area contributed by atoms with Gasteiger partial charge in [-0.15, -0.1) is 0 Å². The Morgan fingerprint density at radius 1 is 1.05 bits per heavy atom. The molecule has 0 heterocycles. The average molecular weight is 305 g/mol. The molecule has 0 radical (unpaired) electrons. The van der Waals surface area contributed by atoms with E-state index in [1.807, 2.05) is 43.0 Å². The molecule has 5 nitrogen and oxygen atoms in total. The van der Waals surface area contributed by atoms with Crippen LogP contribution >= 0.6 is 0 Å². The first-order valence-electron chi connectivity index (χ1n) is 8.02. The molecule has 2 N–H and O–H groups in total. The van der Waals surface area contributed by atoms with Crippen LogP contribution < -0.4 is 10.6 Å².